The number of amides is 2. The first kappa shape index (κ1) is 25.1. The number of halogens is 1. The summed E-state index contributed by atoms with van der Waals surface area (Å²) in [5.41, 5.74) is -1.21. The molecule has 1 aromatic heterocycles. The smallest absolute Gasteiger partial charge is 0.352 e. The maximum absolute atomic E-state index is 13.0. The van der Waals surface area contributed by atoms with Gasteiger partial charge in [0.05, 0.1) is 16.3 Å². The molecule has 2 aliphatic rings. The molecule has 0 bridgehead atoms. The van der Waals surface area contributed by atoms with Crippen molar-refractivity contribution in [3.63, 3.8) is 0 Å². The number of likely N-dealkylation sites (tertiary alicyclic amines) is 1. The van der Waals surface area contributed by atoms with Gasteiger partial charge in [-0.3, -0.25) is 14.4 Å². The normalized spacial score (nSPS) is 17.7. The standard InChI is InChI=1S/C24H30ClN5O5/c25-19-10-9-17(13-18(19)23(34)27-22(33)16-7-3-1-2-4-8-16)30-24(35)29(20(31)14-26-30)15-21(32)28-11-5-6-12-28/h9-10,13-14,16,22,33H,1-8,11-12,15H2,(H,27,34). The molecule has 35 heavy (non-hydrogen) atoms. The number of benzene rings is 1. The molecule has 4 rings (SSSR count). The van der Waals surface area contributed by atoms with Crippen molar-refractivity contribution >= 4 is 23.4 Å². The number of hydrogen-bond acceptors (Lipinski definition) is 6. The van der Waals surface area contributed by atoms with Gasteiger partial charge in [-0.25, -0.2) is 9.36 Å². The second kappa shape index (κ2) is 11.2. The highest BCUT2D eigenvalue weighted by Gasteiger charge is 2.24. The summed E-state index contributed by atoms with van der Waals surface area (Å²) < 4.78 is 1.78. The lowest BCUT2D eigenvalue weighted by Crippen LogP contribution is -2.44. The van der Waals surface area contributed by atoms with Gasteiger partial charge in [0.2, 0.25) is 5.91 Å². The van der Waals surface area contributed by atoms with Crippen LogP contribution in [0.2, 0.25) is 5.02 Å². The predicted molar refractivity (Wildman–Crippen MR) is 130 cm³/mol. The number of carbonyl (C=O) groups excluding carboxylic acids is 2. The van der Waals surface area contributed by atoms with Crippen molar-refractivity contribution in [2.24, 2.45) is 5.92 Å². The summed E-state index contributed by atoms with van der Waals surface area (Å²) in [5, 5.41) is 17.3. The fourth-order valence-electron chi connectivity index (χ4n) is 4.73. The first-order chi connectivity index (χ1) is 16.8. The van der Waals surface area contributed by atoms with Gasteiger partial charge in [0.25, 0.3) is 11.5 Å². The third-order valence-corrected chi connectivity index (χ3v) is 7.11. The molecule has 2 aromatic rings. The third kappa shape index (κ3) is 5.82. The summed E-state index contributed by atoms with van der Waals surface area (Å²) in [6.45, 7) is 0.832. The van der Waals surface area contributed by atoms with Gasteiger partial charge in [-0.05, 0) is 43.9 Å². The van der Waals surface area contributed by atoms with Gasteiger partial charge in [-0.2, -0.15) is 9.78 Å². The molecule has 2 fully saturated rings. The highest BCUT2D eigenvalue weighted by Crippen LogP contribution is 2.25. The number of nitrogens with zero attached hydrogens (tertiary/aromatic N) is 4. The monoisotopic (exact) mass is 503 g/mol. The van der Waals surface area contributed by atoms with E-state index < -0.39 is 23.4 Å². The van der Waals surface area contributed by atoms with Crippen LogP contribution in [0.3, 0.4) is 0 Å². The van der Waals surface area contributed by atoms with Crippen LogP contribution in [0.15, 0.2) is 34.0 Å². The highest BCUT2D eigenvalue weighted by molar-refractivity contribution is 6.33. The number of carbonyl (C=O) groups is 2. The Morgan fingerprint density at radius 3 is 2.46 bits per heavy atom. The van der Waals surface area contributed by atoms with E-state index in [9.17, 15) is 24.3 Å². The summed E-state index contributed by atoms with van der Waals surface area (Å²) in [4.78, 5) is 52.4. The Hall–Kier alpha value is -2.98. The minimum Gasteiger partial charge on any atom is -0.373 e. The van der Waals surface area contributed by atoms with Crippen molar-refractivity contribution in [2.45, 2.75) is 64.1 Å². The molecule has 2 amide bonds. The highest BCUT2D eigenvalue weighted by atomic mass is 35.5. The lowest BCUT2D eigenvalue weighted by Gasteiger charge is -2.22. The molecule has 2 N–H and O–H groups in total. The Morgan fingerprint density at radius 1 is 1.09 bits per heavy atom. The topological polar surface area (TPSA) is 127 Å². The van der Waals surface area contributed by atoms with Crippen LogP contribution in [0.4, 0.5) is 0 Å². The number of hydrogen-bond donors (Lipinski definition) is 2. The molecule has 1 aliphatic carbocycles. The number of aromatic nitrogens is 3. The number of aliphatic hydroxyl groups excluding tert-OH is 1. The maximum Gasteiger partial charge on any atom is 0.352 e. The molecule has 1 unspecified atom stereocenters. The van der Waals surface area contributed by atoms with Crippen LogP contribution in [-0.2, 0) is 11.3 Å². The zero-order chi connectivity index (χ0) is 24.9. The largest absolute Gasteiger partial charge is 0.373 e. The summed E-state index contributed by atoms with van der Waals surface area (Å²) in [5.74, 6) is -0.897. The molecule has 11 heteroatoms. The Bertz CT molecular complexity index is 1200. The number of aliphatic hydroxyl groups is 1. The van der Waals surface area contributed by atoms with Crippen molar-refractivity contribution in [3.8, 4) is 5.69 Å². The van der Waals surface area contributed by atoms with E-state index in [4.69, 9.17) is 11.6 Å². The average Bonchev–Trinajstić information content (AvgIpc) is 3.24. The predicted octanol–water partition coefficient (Wildman–Crippen LogP) is 1.69. The maximum atomic E-state index is 13.0. The zero-order valence-electron chi connectivity index (χ0n) is 19.5. The van der Waals surface area contributed by atoms with Crippen LogP contribution in [0.1, 0.15) is 61.7 Å². The molecule has 2 heterocycles. The van der Waals surface area contributed by atoms with Crippen LogP contribution >= 0.6 is 11.6 Å². The lowest BCUT2D eigenvalue weighted by atomic mass is 9.98. The molecule has 1 saturated carbocycles. The van der Waals surface area contributed by atoms with Crippen LogP contribution in [0, 0.1) is 5.92 Å². The molecule has 1 aliphatic heterocycles. The number of nitrogens with one attached hydrogen (secondary N) is 1. The van der Waals surface area contributed by atoms with Crippen molar-refractivity contribution in [1.29, 1.82) is 0 Å². The molecule has 0 spiro atoms. The van der Waals surface area contributed by atoms with Gasteiger partial charge < -0.3 is 15.3 Å². The van der Waals surface area contributed by atoms with E-state index in [0.717, 1.165) is 66.8 Å². The van der Waals surface area contributed by atoms with Crippen molar-refractivity contribution in [1.82, 2.24) is 24.6 Å². The quantitative estimate of drug-likeness (QED) is 0.456. The van der Waals surface area contributed by atoms with E-state index in [0.29, 0.717) is 13.1 Å². The molecular weight excluding hydrogens is 474 g/mol. The summed E-state index contributed by atoms with van der Waals surface area (Å²) in [6.07, 6.45) is 7.70. The van der Waals surface area contributed by atoms with Gasteiger partial charge in [-0.15, -0.1) is 0 Å². The SMILES string of the molecule is O=C(NC(O)C1CCCCCC1)c1cc(-n2ncc(=O)n(CC(=O)N3CCCC3)c2=O)ccc1Cl. The van der Waals surface area contributed by atoms with Gasteiger partial charge >= 0.3 is 5.69 Å². The Kier molecular flexibility index (Phi) is 8.02. The molecule has 1 saturated heterocycles. The third-order valence-electron chi connectivity index (χ3n) is 6.78. The van der Waals surface area contributed by atoms with Crippen molar-refractivity contribution < 1.29 is 14.7 Å². The molecule has 10 nitrogen and oxygen atoms in total. The summed E-state index contributed by atoms with van der Waals surface area (Å²) >= 11 is 6.26. The van der Waals surface area contributed by atoms with Crippen molar-refractivity contribution in [2.75, 3.05) is 13.1 Å². The van der Waals surface area contributed by atoms with Crippen LogP contribution in [-0.4, -0.2) is 55.5 Å². The van der Waals surface area contributed by atoms with Crippen LogP contribution in [0.25, 0.3) is 5.69 Å². The molecule has 1 aromatic carbocycles. The Labute approximate surface area is 207 Å². The van der Waals surface area contributed by atoms with Crippen molar-refractivity contribution in [3.05, 3.63) is 55.8 Å². The van der Waals surface area contributed by atoms with E-state index >= 15 is 0 Å². The minimum atomic E-state index is -1.00. The van der Waals surface area contributed by atoms with E-state index in [1.54, 1.807) is 4.90 Å². The molecule has 188 valence electrons. The van der Waals surface area contributed by atoms with Gasteiger partial charge in [0, 0.05) is 19.0 Å². The molecular formula is C24H30ClN5O5. The van der Waals surface area contributed by atoms with Gasteiger partial charge in [0.1, 0.15) is 19.0 Å². The second-order valence-electron chi connectivity index (χ2n) is 9.19. The lowest BCUT2D eigenvalue weighted by molar-refractivity contribution is -0.130. The van der Waals surface area contributed by atoms with E-state index in [1.165, 1.54) is 18.2 Å². The fourth-order valence-corrected chi connectivity index (χ4v) is 4.94. The number of rotatable bonds is 6. The van der Waals surface area contributed by atoms with Crippen LogP contribution in [0.5, 0.6) is 0 Å². The average molecular weight is 504 g/mol. The van der Waals surface area contributed by atoms with E-state index in [1.807, 2.05) is 0 Å². The van der Waals surface area contributed by atoms with E-state index in [-0.39, 0.29) is 34.6 Å². The molecule has 1 atom stereocenters. The van der Waals surface area contributed by atoms with Crippen LogP contribution < -0.4 is 16.6 Å². The minimum absolute atomic E-state index is 0.0237. The summed E-state index contributed by atoms with van der Waals surface area (Å²) in [7, 11) is 0. The zero-order valence-corrected chi connectivity index (χ0v) is 20.2. The van der Waals surface area contributed by atoms with Gasteiger partial charge in [-0.1, -0.05) is 37.3 Å². The fraction of sp³-hybridized carbons (Fsp3) is 0.542. The first-order valence-electron chi connectivity index (χ1n) is 12.1. The van der Waals surface area contributed by atoms with E-state index in [2.05, 4.69) is 10.4 Å². The Balaban J connectivity index is 1.57. The Morgan fingerprint density at radius 2 is 1.77 bits per heavy atom. The summed E-state index contributed by atoms with van der Waals surface area (Å²) in [6, 6.07) is 4.32. The molecule has 0 radical (unpaired) electrons. The second-order valence-corrected chi connectivity index (χ2v) is 9.59. The first-order valence-corrected chi connectivity index (χ1v) is 12.5. The van der Waals surface area contributed by atoms with Gasteiger partial charge in [0.15, 0.2) is 0 Å².